The van der Waals surface area contributed by atoms with E-state index in [1.54, 1.807) is 24.9 Å². The van der Waals surface area contributed by atoms with Crippen LogP contribution >= 0.6 is 0 Å². The maximum absolute atomic E-state index is 12.9. The van der Waals surface area contributed by atoms with Gasteiger partial charge in [0.1, 0.15) is 5.76 Å². The Morgan fingerprint density at radius 1 is 1.08 bits per heavy atom. The van der Waals surface area contributed by atoms with Crippen LogP contribution in [0.2, 0.25) is 0 Å². The first kappa shape index (κ1) is 15.0. The summed E-state index contributed by atoms with van der Waals surface area (Å²) in [5.41, 5.74) is 2.90. The molecule has 2 aliphatic heterocycles. The number of hydrogen-bond donors (Lipinski definition) is 0. The fourth-order valence-electron chi connectivity index (χ4n) is 4.09. The molecule has 6 heteroatoms. The third-order valence-electron chi connectivity index (χ3n) is 5.27. The molecule has 1 aromatic carbocycles. The topological polar surface area (TPSA) is 63.7 Å². The summed E-state index contributed by atoms with van der Waals surface area (Å²) in [6, 6.07) is 11.3. The van der Waals surface area contributed by atoms with Gasteiger partial charge in [0.2, 0.25) is 0 Å². The second-order valence-corrected chi connectivity index (χ2v) is 8.86. The van der Waals surface area contributed by atoms with Crippen LogP contribution in [0.25, 0.3) is 11.1 Å². The van der Waals surface area contributed by atoms with E-state index in [-0.39, 0.29) is 11.2 Å². The van der Waals surface area contributed by atoms with E-state index in [1.165, 1.54) is 0 Å². The third-order valence-corrected chi connectivity index (χ3v) is 7.53. The summed E-state index contributed by atoms with van der Waals surface area (Å²) in [6.07, 6.45) is 4.96. The lowest BCUT2D eigenvalue weighted by Crippen LogP contribution is -2.25. The van der Waals surface area contributed by atoms with Crippen LogP contribution < -0.4 is 0 Å². The lowest BCUT2D eigenvalue weighted by atomic mass is 9.95. The highest BCUT2D eigenvalue weighted by atomic mass is 32.2. The van der Waals surface area contributed by atoms with Crippen molar-refractivity contribution in [1.82, 2.24) is 4.90 Å². The van der Waals surface area contributed by atoms with Crippen LogP contribution in [0.3, 0.4) is 0 Å². The molecular weight excluding hydrogens is 338 g/mol. The fraction of sp³-hybridized carbons (Fsp3) is 0.263. The van der Waals surface area contributed by atoms with E-state index in [4.69, 9.17) is 8.83 Å². The minimum atomic E-state index is -3.28. The number of fused-ring (bicyclic) bond motifs is 3. The van der Waals surface area contributed by atoms with Gasteiger partial charge in [-0.2, -0.15) is 0 Å². The van der Waals surface area contributed by atoms with E-state index in [1.807, 2.05) is 30.3 Å². The smallest absolute Gasteiger partial charge is 0.183 e. The highest BCUT2D eigenvalue weighted by Crippen LogP contribution is 2.46. The molecule has 3 aromatic rings. The van der Waals surface area contributed by atoms with Crippen LogP contribution in [-0.4, -0.2) is 31.7 Å². The molecule has 128 valence electrons. The Morgan fingerprint density at radius 3 is 2.76 bits per heavy atom. The van der Waals surface area contributed by atoms with Crippen LogP contribution in [-0.2, 0) is 16.4 Å². The van der Waals surface area contributed by atoms with Gasteiger partial charge in [-0.25, -0.2) is 8.42 Å². The molecule has 4 heterocycles. The first-order valence-corrected chi connectivity index (χ1v) is 9.83. The molecule has 0 spiro atoms. The predicted molar refractivity (Wildman–Crippen MR) is 91.8 cm³/mol. The highest BCUT2D eigenvalue weighted by Gasteiger charge is 2.50. The molecule has 5 rings (SSSR count). The second kappa shape index (κ2) is 5.34. The van der Waals surface area contributed by atoms with Gasteiger partial charge < -0.3 is 8.83 Å². The Kier molecular flexibility index (Phi) is 3.20. The maximum atomic E-state index is 12.9. The lowest BCUT2D eigenvalue weighted by molar-refractivity contribution is 0.293. The van der Waals surface area contributed by atoms with Crippen molar-refractivity contribution in [3.05, 3.63) is 66.5 Å². The van der Waals surface area contributed by atoms with Crippen LogP contribution in [0.4, 0.5) is 0 Å². The summed E-state index contributed by atoms with van der Waals surface area (Å²) < 4.78 is 36.4. The van der Waals surface area contributed by atoms with E-state index in [2.05, 4.69) is 4.90 Å². The summed E-state index contributed by atoms with van der Waals surface area (Å²) in [4.78, 5) is 2.66. The second-order valence-electron chi connectivity index (χ2n) is 6.73. The summed E-state index contributed by atoms with van der Waals surface area (Å²) in [5.74, 6) is 0.881. The number of nitrogens with zero attached hydrogens (tertiary/aromatic N) is 1. The van der Waals surface area contributed by atoms with Crippen molar-refractivity contribution in [2.45, 2.75) is 22.6 Å². The molecule has 0 saturated carbocycles. The zero-order valence-electron chi connectivity index (χ0n) is 13.5. The molecule has 0 radical (unpaired) electrons. The number of rotatable bonds is 3. The number of benzene rings is 1. The van der Waals surface area contributed by atoms with Crippen molar-refractivity contribution in [1.29, 1.82) is 0 Å². The molecule has 1 saturated heterocycles. The van der Waals surface area contributed by atoms with Crippen LogP contribution in [0.5, 0.6) is 0 Å². The summed E-state index contributed by atoms with van der Waals surface area (Å²) >= 11 is 0. The monoisotopic (exact) mass is 355 g/mol. The number of likely N-dealkylation sites (tertiary alicyclic amines) is 1. The van der Waals surface area contributed by atoms with Gasteiger partial charge in [-0.3, -0.25) is 4.90 Å². The maximum Gasteiger partial charge on any atom is 0.183 e. The largest absolute Gasteiger partial charge is 0.472 e. The van der Waals surface area contributed by atoms with Crippen LogP contribution in [0.1, 0.15) is 17.2 Å². The summed E-state index contributed by atoms with van der Waals surface area (Å²) in [5, 5.41) is -0.364. The van der Waals surface area contributed by atoms with Crippen LogP contribution in [0, 0.1) is 0 Å². The molecule has 0 bridgehead atoms. The van der Waals surface area contributed by atoms with E-state index < -0.39 is 9.84 Å². The van der Waals surface area contributed by atoms with Gasteiger partial charge in [-0.15, -0.1) is 0 Å². The zero-order chi connectivity index (χ0) is 17.0. The minimum Gasteiger partial charge on any atom is -0.472 e. The Bertz CT molecular complexity index is 1010. The van der Waals surface area contributed by atoms with Crippen molar-refractivity contribution < 1.29 is 17.3 Å². The van der Waals surface area contributed by atoms with Crippen molar-refractivity contribution in [3.8, 4) is 11.1 Å². The number of furan rings is 2. The van der Waals surface area contributed by atoms with Gasteiger partial charge in [0.25, 0.3) is 0 Å². The summed E-state index contributed by atoms with van der Waals surface area (Å²) in [7, 11) is -3.28. The zero-order valence-corrected chi connectivity index (χ0v) is 14.3. The number of hydrogen-bond acceptors (Lipinski definition) is 5. The molecule has 2 aliphatic rings. The standard InChI is InChI=1S/C19H17NO4S/c21-25(22)18-4-3-13(14-5-7-23-12-14)8-16(18)17-10-20(11-19(17)25)9-15-2-1-6-24-15/h1-8,12,17,19H,9-11H2/t17-,19-/m0/s1. The molecule has 5 nitrogen and oxygen atoms in total. The van der Waals surface area contributed by atoms with E-state index in [0.29, 0.717) is 18.0 Å². The van der Waals surface area contributed by atoms with Gasteiger partial charge in [-0.1, -0.05) is 6.07 Å². The molecule has 0 N–H and O–H groups in total. The average molecular weight is 355 g/mol. The van der Waals surface area contributed by atoms with E-state index >= 15 is 0 Å². The van der Waals surface area contributed by atoms with E-state index in [9.17, 15) is 8.42 Å². The van der Waals surface area contributed by atoms with Crippen molar-refractivity contribution in [2.75, 3.05) is 13.1 Å². The van der Waals surface area contributed by atoms with Gasteiger partial charge in [0.15, 0.2) is 9.84 Å². The molecule has 2 aromatic heterocycles. The van der Waals surface area contributed by atoms with Crippen molar-refractivity contribution >= 4 is 9.84 Å². The number of sulfone groups is 1. The minimum absolute atomic E-state index is 0.0156. The molecular formula is C19H17NO4S. The Hall–Kier alpha value is -2.31. The van der Waals surface area contributed by atoms with Gasteiger partial charge >= 0.3 is 0 Å². The highest BCUT2D eigenvalue weighted by molar-refractivity contribution is 7.92. The van der Waals surface area contributed by atoms with Crippen molar-refractivity contribution in [3.63, 3.8) is 0 Å². The molecule has 2 atom stereocenters. The normalized spacial score (nSPS) is 24.3. The first-order chi connectivity index (χ1) is 12.1. The Balaban J connectivity index is 1.51. The van der Waals surface area contributed by atoms with Gasteiger partial charge in [-0.05, 0) is 41.5 Å². The van der Waals surface area contributed by atoms with Gasteiger partial charge in [0.05, 0.1) is 35.5 Å². The Labute approximate surface area is 145 Å². The fourth-order valence-corrected chi connectivity index (χ4v) is 6.28. The Morgan fingerprint density at radius 2 is 2.00 bits per heavy atom. The molecule has 0 amide bonds. The van der Waals surface area contributed by atoms with E-state index in [0.717, 1.165) is 29.0 Å². The van der Waals surface area contributed by atoms with Crippen molar-refractivity contribution in [2.24, 2.45) is 0 Å². The summed E-state index contributed by atoms with van der Waals surface area (Å²) in [6.45, 7) is 1.92. The molecule has 25 heavy (non-hydrogen) atoms. The molecule has 0 unspecified atom stereocenters. The molecule has 1 fully saturated rings. The first-order valence-electron chi connectivity index (χ1n) is 8.28. The van der Waals surface area contributed by atoms with Crippen LogP contribution in [0.15, 0.2) is 68.9 Å². The predicted octanol–water partition coefficient (Wildman–Crippen LogP) is 3.29. The van der Waals surface area contributed by atoms with Gasteiger partial charge in [0, 0.05) is 24.6 Å². The SMILES string of the molecule is O=S1(=O)c2ccc(-c3ccoc3)cc2[C@@H]2CN(Cc3ccco3)C[C@@H]21. The average Bonchev–Trinajstić information content (AvgIpc) is 3.37. The quantitative estimate of drug-likeness (QED) is 0.721. The third kappa shape index (κ3) is 2.28. The molecule has 0 aliphatic carbocycles. The lowest BCUT2D eigenvalue weighted by Gasteiger charge is -2.16.